The van der Waals surface area contributed by atoms with Crippen molar-refractivity contribution in [2.45, 2.75) is 18.8 Å². The van der Waals surface area contributed by atoms with Gasteiger partial charge >= 0.3 is 5.97 Å². The van der Waals surface area contributed by atoms with Crippen molar-refractivity contribution < 1.29 is 24.2 Å². The van der Waals surface area contributed by atoms with Gasteiger partial charge in [0.25, 0.3) is 5.91 Å². The third-order valence-electron chi connectivity index (χ3n) is 5.74. The van der Waals surface area contributed by atoms with Gasteiger partial charge in [-0.25, -0.2) is 0 Å². The van der Waals surface area contributed by atoms with Crippen LogP contribution in [0.2, 0.25) is 0 Å². The maximum atomic E-state index is 13.3. The summed E-state index contributed by atoms with van der Waals surface area (Å²) in [5, 5.41) is 9.71. The van der Waals surface area contributed by atoms with E-state index < -0.39 is 11.9 Å². The van der Waals surface area contributed by atoms with Gasteiger partial charge in [-0.1, -0.05) is 30.3 Å². The van der Waals surface area contributed by atoms with Gasteiger partial charge in [-0.2, -0.15) is 0 Å². The number of hydrogen-bond donors (Lipinski definition) is 1. The fourth-order valence-corrected chi connectivity index (χ4v) is 3.85. The molecule has 4 rings (SSSR count). The van der Waals surface area contributed by atoms with Gasteiger partial charge in [-0.15, -0.1) is 0 Å². The molecular weight excluding hydrogens is 370 g/mol. The highest BCUT2D eigenvalue weighted by Crippen LogP contribution is 2.36. The van der Waals surface area contributed by atoms with Crippen LogP contribution in [0.5, 0.6) is 11.5 Å². The lowest BCUT2D eigenvalue weighted by atomic mass is 9.89. The van der Waals surface area contributed by atoms with E-state index in [1.165, 1.54) is 0 Å². The Hall–Kier alpha value is -3.02. The molecule has 1 aliphatic heterocycles. The molecule has 1 aliphatic carbocycles. The smallest absolute Gasteiger partial charge is 0.308 e. The predicted octanol–water partition coefficient (Wildman–Crippen LogP) is 3.42. The molecule has 2 aromatic rings. The molecule has 0 aromatic heterocycles. The Balaban J connectivity index is 1.58. The molecule has 0 spiro atoms. The predicted molar refractivity (Wildman–Crippen MR) is 107 cm³/mol. The normalized spacial score (nSPS) is 21.1. The molecule has 0 unspecified atom stereocenters. The van der Waals surface area contributed by atoms with E-state index in [1.54, 1.807) is 30.2 Å². The van der Waals surface area contributed by atoms with E-state index in [2.05, 4.69) is 0 Å². The van der Waals surface area contributed by atoms with E-state index >= 15 is 0 Å². The molecule has 29 heavy (non-hydrogen) atoms. The minimum absolute atomic E-state index is 0.182. The van der Waals surface area contributed by atoms with Gasteiger partial charge < -0.3 is 19.5 Å². The van der Waals surface area contributed by atoms with E-state index in [0.717, 1.165) is 18.4 Å². The van der Waals surface area contributed by atoms with Crippen molar-refractivity contribution in [3.63, 3.8) is 0 Å². The zero-order valence-corrected chi connectivity index (χ0v) is 16.4. The maximum Gasteiger partial charge on any atom is 0.308 e. The number of carbonyl (C=O) groups excluding carboxylic acids is 1. The van der Waals surface area contributed by atoms with Crippen LogP contribution in [0.25, 0.3) is 0 Å². The molecule has 1 N–H and O–H groups in total. The summed E-state index contributed by atoms with van der Waals surface area (Å²) < 4.78 is 11.2. The van der Waals surface area contributed by atoms with Crippen LogP contribution in [0.4, 0.5) is 0 Å². The molecule has 6 nitrogen and oxygen atoms in total. The zero-order chi connectivity index (χ0) is 20.4. The molecule has 152 valence electrons. The Morgan fingerprint density at radius 2 is 1.86 bits per heavy atom. The van der Waals surface area contributed by atoms with Gasteiger partial charge in [0.2, 0.25) is 0 Å². The Bertz CT molecular complexity index is 893. The zero-order valence-electron chi connectivity index (χ0n) is 16.4. The second kappa shape index (κ2) is 8.15. The van der Waals surface area contributed by atoms with E-state index in [1.807, 2.05) is 30.3 Å². The third-order valence-corrected chi connectivity index (χ3v) is 5.74. The van der Waals surface area contributed by atoms with Crippen LogP contribution in [-0.4, -0.2) is 48.7 Å². The van der Waals surface area contributed by atoms with Crippen LogP contribution < -0.4 is 9.47 Å². The highest BCUT2D eigenvalue weighted by Gasteiger charge is 2.41. The number of nitrogens with zero attached hydrogens (tertiary/aromatic N) is 1. The van der Waals surface area contributed by atoms with Crippen LogP contribution >= 0.6 is 0 Å². The highest BCUT2D eigenvalue weighted by molar-refractivity contribution is 5.97. The van der Waals surface area contributed by atoms with Gasteiger partial charge in [0.1, 0.15) is 11.5 Å². The summed E-state index contributed by atoms with van der Waals surface area (Å²) in [7, 11) is 1.57. The monoisotopic (exact) mass is 395 g/mol. The van der Waals surface area contributed by atoms with Crippen molar-refractivity contribution in [3.05, 3.63) is 59.7 Å². The van der Waals surface area contributed by atoms with Gasteiger partial charge in [-0.3, -0.25) is 9.59 Å². The molecule has 1 amide bonds. The second-order valence-electron chi connectivity index (χ2n) is 7.79. The first-order chi connectivity index (χ1) is 14.1. The number of ether oxygens (including phenoxy) is 2. The lowest BCUT2D eigenvalue weighted by Crippen LogP contribution is -2.30. The molecule has 2 atom stereocenters. The Labute approximate surface area is 170 Å². The molecule has 0 bridgehead atoms. The summed E-state index contributed by atoms with van der Waals surface area (Å²) in [6.45, 7) is 1.13. The summed E-state index contributed by atoms with van der Waals surface area (Å²) in [5.74, 6) is -0.273. The Morgan fingerprint density at radius 1 is 1.10 bits per heavy atom. The number of carboxylic acid groups (broad SMARTS) is 1. The Morgan fingerprint density at radius 3 is 2.52 bits per heavy atom. The average Bonchev–Trinajstić information content (AvgIpc) is 3.47. The van der Waals surface area contributed by atoms with Gasteiger partial charge in [0, 0.05) is 25.1 Å². The molecule has 2 aromatic carbocycles. The van der Waals surface area contributed by atoms with Crippen LogP contribution in [-0.2, 0) is 4.79 Å². The molecule has 1 saturated heterocycles. The van der Waals surface area contributed by atoms with E-state index in [4.69, 9.17) is 9.47 Å². The number of carbonyl (C=O) groups is 2. The molecule has 2 fully saturated rings. The van der Waals surface area contributed by atoms with Gasteiger partial charge in [0.05, 0.1) is 25.2 Å². The molecular formula is C23H25NO5. The largest absolute Gasteiger partial charge is 0.497 e. The van der Waals surface area contributed by atoms with Crippen LogP contribution in [0.15, 0.2) is 48.5 Å². The van der Waals surface area contributed by atoms with Gasteiger partial charge in [0.15, 0.2) is 0 Å². The quantitative estimate of drug-likeness (QED) is 0.777. The maximum absolute atomic E-state index is 13.3. The minimum Gasteiger partial charge on any atom is -0.497 e. The average molecular weight is 395 g/mol. The van der Waals surface area contributed by atoms with Crippen molar-refractivity contribution in [1.29, 1.82) is 0 Å². The first-order valence-corrected chi connectivity index (χ1v) is 9.94. The van der Waals surface area contributed by atoms with E-state index in [0.29, 0.717) is 36.1 Å². The fraction of sp³-hybridized carbons (Fsp3) is 0.391. The lowest BCUT2D eigenvalue weighted by Gasteiger charge is -2.19. The SMILES string of the molecule is COc1ccc(C(=O)N2C[C@H](C(=O)O)[C@H](c3ccccc3)C2)c(OCC2CC2)c1. The summed E-state index contributed by atoms with van der Waals surface area (Å²) in [4.78, 5) is 26.8. The lowest BCUT2D eigenvalue weighted by molar-refractivity contribution is -0.141. The number of methoxy groups -OCH3 is 1. The number of hydrogen-bond acceptors (Lipinski definition) is 4. The fourth-order valence-electron chi connectivity index (χ4n) is 3.85. The summed E-state index contributed by atoms with van der Waals surface area (Å²) in [6, 6.07) is 14.7. The van der Waals surface area contributed by atoms with E-state index in [-0.39, 0.29) is 18.4 Å². The highest BCUT2D eigenvalue weighted by atomic mass is 16.5. The number of aliphatic carboxylic acids is 1. The third kappa shape index (κ3) is 4.21. The van der Waals surface area contributed by atoms with Crippen molar-refractivity contribution in [1.82, 2.24) is 4.90 Å². The van der Waals surface area contributed by atoms with Crippen molar-refractivity contribution in [2.24, 2.45) is 11.8 Å². The standard InChI is InChI=1S/C23H25NO5/c1-28-17-9-10-18(21(11-17)29-14-15-7-8-15)22(25)24-12-19(20(13-24)23(26)27)16-5-3-2-4-6-16/h2-6,9-11,15,19-20H,7-8,12-14H2,1H3,(H,26,27)/t19-,20-/m0/s1. The van der Waals surface area contributed by atoms with Crippen LogP contribution in [0.1, 0.15) is 34.7 Å². The number of rotatable bonds is 7. The number of carboxylic acids is 1. The van der Waals surface area contributed by atoms with Gasteiger partial charge in [-0.05, 0) is 36.5 Å². The topological polar surface area (TPSA) is 76.1 Å². The molecule has 1 heterocycles. The molecule has 2 aliphatic rings. The van der Waals surface area contributed by atoms with Crippen molar-refractivity contribution >= 4 is 11.9 Å². The second-order valence-corrected chi connectivity index (χ2v) is 7.79. The first kappa shape index (κ1) is 19.3. The van der Waals surface area contributed by atoms with Crippen molar-refractivity contribution in [3.8, 4) is 11.5 Å². The first-order valence-electron chi connectivity index (χ1n) is 9.94. The minimum atomic E-state index is -0.880. The number of amides is 1. The molecule has 0 radical (unpaired) electrons. The van der Waals surface area contributed by atoms with Crippen LogP contribution in [0.3, 0.4) is 0 Å². The van der Waals surface area contributed by atoms with Crippen molar-refractivity contribution in [2.75, 3.05) is 26.8 Å². The van der Waals surface area contributed by atoms with E-state index in [9.17, 15) is 14.7 Å². The van der Waals surface area contributed by atoms with Crippen LogP contribution in [0, 0.1) is 11.8 Å². The summed E-state index contributed by atoms with van der Waals surface area (Å²) in [5.41, 5.74) is 1.39. The summed E-state index contributed by atoms with van der Waals surface area (Å²) in [6.07, 6.45) is 2.30. The summed E-state index contributed by atoms with van der Waals surface area (Å²) >= 11 is 0. The number of likely N-dealkylation sites (tertiary alicyclic amines) is 1. The Kier molecular flexibility index (Phi) is 5.43. The molecule has 6 heteroatoms. The number of benzene rings is 2. The molecule has 1 saturated carbocycles.